The zero-order chi connectivity index (χ0) is 19.4. The lowest BCUT2D eigenvalue weighted by atomic mass is 10.0. The van der Waals surface area contributed by atoms with Crippen molar-refractivity contribution in [1.82, 2.24) is 0 Å². The minimum atomic E-state index is -3.34. The molecule has 3 aromatic rings. The first kappa shape index (κ1) is 18.5. The summed E-state index contributed by atoms with van der Waals surface area (Å²) >= 11 is 0. The summed E-state index contributed by atoms with van der Waals surface area (Å²) in [5.74, 6) is -1.02. The summed E-state index contributed by atoms with van der Waals surface area (Å²) in [6.07, 6.45) is 1.09. The van der Waals surface area contributed by atoms with Gasteiger partial charge in [-0.1, -0.05) is 36.4 Å². The molecule has 0 amide bonds. The summed E-state index contributed by atoms with van der Waals surface area (Å²) in [6.45, 7) is 0. The van der Waals surface area contributed by atoms with Gasteiger partial charge in [-0.15, -0.1) is 0 Å². The van der Waals surface area contributed by atoms with Crippen LogP contribution in [0.3, 0.4) is 0 Å². The molecule has 0 aromatic heterocycles. The van der Waals surface area contributed by atoms with E-state index in [1.165, 1.54) is 0 Å². The second kappa shape index (κ2) is 7.51. The summed E-state index contributed by atoms with van der Waals surface area (Å²) in [5.41, 5.74) is 3.53. The first-order chi connectivity index (χ1) is 12.8. The van der Waals surface area contributed by atoms with E-state index in [1.54, 1.807) is 42.5 Å². The Morgan fingerprint density at radius 3 is 2.07 bits per heavy atom. The van der Waals surface area contributed by atoms with Gasteiger partial charge in [0.15, 0.2) is 0 Å². The molecule has 3 aromatic carbocycles. The number of anilines is 3. The van der Waals surface area contributed by atoms with Crippen molar-refractivity contribution in [2.24, 2.45) is 0 Å². The second-order valence-corrected chi connectivity index (χ2v) is 7.76. The fraction of sp³-hybridized carbons (Fsp3) is 0.0500. The maximum Gasteiger partial charge on any atom is 0.337 e. The Bertz CT molecular complexity index is 1060. The molecule has 3 N–H and O–H groups in total. The highest BCUT2D eigenvalue weighted by Gasteiger charge is 2.12. The molecule has 0 spiro atoms. The molecule has 0 radical (unpaired) electrons. The summed E-state index contributed by atoms with van der Waals surface area (Å²) in [6, 6.07) is 21.2. The third-order valence-corrected chi connectivity index (χ3v) is 4.43. The number of hydrogen-bond donors (Lipinski definition) is 3. The Kier molecular flexibility index (Phi) is 5.14. The van der Waals surface area contributed by atoms with Crippen LogP contribution in [0.5, 0.6) is 0 Å². The highest BCUT2D eigenvalue weighted by molar-refractivity contribution is 7.92. The zero-order valence-corrected chi connectivity index (χ0v) is 15.3. The van der Waals surface area contributed by atoms with E-state index < -0.39 is 16.0 Å². The van der Waals surface area contributed by atoms with Crippen LogP contribution < -0.4 is 10.0 Å². The van der Waals surface area contributed by atoms with Crippen molar-refractivity contribution in [3.8, 4) is 11.1 Å². The van der Waals surface area contributed by atoms with Crippen LogP contribution >= 0.6 is 0 Å². The van der Waals surface area contributed by atoms with Gasteiger partial charge in [0.2, 0.25) is 10.0 Å². The number of nitrogens with one attached hydrogen (secondary N) is 2. The van der Waals surface area contributed by atoms with E-state index in [0.29, 0.717) is 11.4 Å². The third kappa shape index (κ3) is 4.86. The molecule has 3 rings (SSSR count). The van der Waals surface area contributed by atoms with Crippen LogP contribution in [-0.4, -0.2) is 25.7 Å². The molecule has 7 heteroatoms. The zero-order valence-electron chi connectivity index (χ0n) is 14.5. The van der Waals surface area contributed by atoms with Gasteiger partial charge < -0.3 is 10.4 Å². The molecule has 6 nitrogen and oxygen atoms in total. The summed E-state index contributed by atoms with van der Waals surface area (Å²) in [7, 11) is -3.34. The van der Waals surface area contributed by atoms with Crippen molar-refractivity contribution < 1.29 is 18.3 Å². The second-order valence-electron chi connectivity index (χ2n) is 6.01. The summed E-state index contributed by atoms with van der Waals surface area (Å²) in [5, 5.41) is 12.6. The molecule has 0 aliphatic carbocycles. The van der Waals surface area contributed by atoms with Gasteiger partial charge in [0, 0.05) is 11.4 Å². The Labute approximate surface area is 157 Å². The molecule has 138 valence electrons. The molecular formula is C20H18N2O4S. The maximum atomic E-state index is 11.5. The summed E-state index contributed by atoms with van der Waals surface area (Å²) < 4.78 is 25.0. The van der Waals surface area contributed by atoms with Gasteiger partial charge in [-0.25, -0.2) is 13.2 Å². The molecule has 0 bridgehead atoms. The molecule has 0 fully saturated rings. The van der Waals surface area contributed by atoms with E-state index in [0.717, 1.165) is 23.1 Å². The monoisotopic (exact) mass is 382 g/mol. The molecule has 0 saturated carbocycles. The van der Waals surface area contributed by atoms with Crippen LogP contribution in [-0.2, 0) is 10.0 Å². The number of para-hydroxylation sites is 1. The van der Waals surface area contributed by atoms with Crippen molar-refractivity contribution in [2.75, 3.05) is 16.3 Å². The Morgan fingerprint density at radius 2 is 1.48 bits per heavy atom. The number of aromatic carboxylic acids is 1. The number of rotatable bonds is 6. The normalized spacial score (nSPS) is 11.0. The number of carboxylic acid groups (broad SMARTS) is 1. The first-order valence-electron chi connectivity index (χ1n) is 8.09. The Hall–Kier alpha value is -3.32. The van der Waals surface area contributed by atoms with Crippen molar-refractivity contribution in [1.29, 1.82) is 0 Å². The van der Waals surface area contributed by atoms with Gasteiger partial charge in [-0.05, 0) is 47.5 Å². The van der Waals surface area contributed by atoms with E-state index in [9.17, 15) is 18.3 Å². The van der Waals surface area contributed by atoms with Crippen molar-refractivity contribution in [3.05, 3.63) is 78.4 Å². The Balaban J connectivity index is 1.94. The van der Waals surface area contributed by atoms with E-state index >= 15 is 0 Å². The topological polar surface area (TPSA) is 95.5 Å². The number of benzene rings is 3. The molecule has 0 aliphatic rings. The highest BCUT2D eigenvalue weighted by Crippen LogP contribution is 2.29. The van der Waals surface area contributed by atoms with Gasteiger partial charge in [0.25, 0.3) is 0 Å². The first-order valence-corrected chi connectivity index (χ1v) is 9.98. The lowest BCUT2D eigenvalue weighted by molar-refractivity contribution is 0.0698. The van der Waals surface area contributed by atoms with Crippen molar-refractivity contribution >= 4 is 33.1 Å². The number of sulfonamides is 1. The minimum absolute atomic E-state index is 0.165. The number of hydrogen-bond acceptors (Lipinski definition) is 4. The van der Waals surface area contributed by atoms with Gasteiger partial charge in [-0.3, -0.25) is 4.72 Å². The summed E-state index contributed by atoms with van der Waals surface area (Å²) in [4.78, 5) is 11.5. The van der Waals surface area contributed by atoms with Crippen LogP contribution in [0.4, 0.5) is 17.1 Å². The smallest absolute Gasteiger partial charge is 0.337 e. The average Bonchev–Trinajstić information content (AvgIpc) is 2.61. The van der Waals surface area contributed by atoms with E-state index in [1.807, 2.05) is 30.3 Å². The predicted molar refractivity (Wildman–Crippen MR) is 107 cm³/mol. The minimum Gasteiger partial charge on any atom is -0.478 e. The van der Waals surface area contributed by atoms with Gasteiger partial charge in [0.1, 0.15) is 0 Å². The van der Waals surface area contributed by atoms with Crippen LogP contribution in [0.1, 0.15) is 10.4 Å². The molecule has 0 saturated heterocycles. The predicted octanol–water partition coefficient (Wildman–Crippen LogP) is 4.17. The molecule has 0 heterocycles. The molecule has 27 heavy (non-hydrogen) atoms. The molecule has 0 aliphatic heterocycles. The van der Waals surface area contributed by atoms with Crippen molar-refractivity contribution in [2.45, 2.75) is 0 Å². The standard InChI is InChI=1S/C20H18N2O4S/c1-27(25,26)22-17-10-7-14(8-11-17)15-9-12-18(20(23)24)19(13-15)21-16-5-3-2-4-6-16/h2-13,21-22H,1H3,(H,23,24). The van der Waals surface area contributed by atoms with Gasteiger partial charge in [0.05, 0.1) is 17.5 Å². The van der Waals surface area contributed by atoms with Crippen LogP contribution in [0.25, 0.3) is 11.1 Å². The average molecular weight is 382 g/mol. The maximum absolute atomic E-state index is 11.5. The SMILES string of the molecule is CS(=O)(=O)Nc1ccc(-c2ccc(C(=O)O)c(Nc3ccccc3)c2)cc1. The van der Waals surface area contributed by atoms with Gasteiger partial charge in [-0.2, -0.15) is 0 Å². The fourth-order valence-electron chi connectivity index (χ4n) is 2.64. The largest absolute Gasteiger partial charge is 0.478 e. The van der Waals surface area contributed by atoms with E-state index in [4.69, 9.17) is 0 Å². The quantitative estimate of drug-likeness (QED) is 0.595. The lowest BCUT2D eigenvalue weighted by Gasteiger charge is -2.12. The number of carboxylic acids is 1. The van der Waals surface area contributed by atoms with E-state index in [2.05, 4.69) is 10.0 Å². The van der Waals surface area contributed by atoms with Crippen LogP contribution in [0.2, 0.25) is 0 Å². The Morgan fingerprint density at radius 1 is 0.852 bits per heavy atom. The van der Waals surface area contributed by atoms with Crippen LogP contribution in [0.15, 0.2) is 72.8 Å². The highest BCUT2D eigenvalue weighted by atomic mass is 32.2. The molecule has 0 atom stereocenters. The number of carbonyl (C=O) groups is 1. The van der Waals surface area contributed by atoms with E-state index in [-0.39, 0.29) is 5.56 Å². The fourth-order valence-corrected chi connectivity index (χ4v) is 3.20. The molecule has 0 unspecified atom stereocenters. The van der Waals surface area contributed by atoms with Crippen molar-refractivity contribution in [3.63, 3.8) is 0 Å². The molecular weight excluding hydrogens is 364 g/mol. The third-order valence-electron chi connectivity index (χ3n) is 3.82. The van der Waals surface area contributed by atoms with Crippen LogP contribution in [0, 0.1) is 0 Å². The van der Waals surface area contributed by atoms with Gasteiger partial charge >= 0.3 is 5.97 Å². The lowest BCUT2D eigenvalue weighted by Crippen LogP contribution is -2.09.